The molecule has 0 bridgehead atoms. The Bertz CT molecular complexity index is 390. The van der Waals surface area contributed by atoms with Gasteiger partial charge < -0.3 is 5.73 Å². The summed E-state index contributed by atoms with van der Waals surface area (Å²) in [6.07, 6.45) is -0.571. The molecule has 0 atom stereocenters. The van der Waals surface area contributed by atoms with E-state index in [1.807, 2.05) is 0 Å². The second-order valence-corrected chi connectivity index (χ2v) is 2.90. The lowest BCUT2D eigenvalue weighted by molar-refractivity contribution is -0.117. The van der Waals surface area contributed by atoms with Gasteiger partial charge in [-0.1, -0.05) is 0 Å². The van der Waals surface area contributed by atoms with E-state index < -0.39 is 35.3 Å². The van der Waals surface area contributed by atoms with Gasteiger partial charge in [-0.05, 0) is 6.92 Å². The fourth-order valence-corrected chi connectivity index (χ4v) is 1.08. The fraction of sp³-hybridized carbons (Fsp3) is 0.222. The van der Waals surface area contributed by atoms with Crippen LogP contribution in [-0.2, 0) is 11.2 Å². The molecule has 1 aromatic carbocycles. The average molecular weight is 203 g/mol. The monoisotopic (exact) mass is 203 g/mol. The summed E-state index contributed by atoms with van der Waals surface area (Å²) in [6, 6.07) is 0.538. The first-order chi connectivity index (χ1) is 6.43. The molecule has 0 aromatic heterocycles. The highest BCUT2D eigenvalue weighted by Gasteiger charge is 2.17. The normalized spacial score (nSPS) is 10.3. The third-order valence-electron chi connectivity index (χ3n) is 1.85. The van der Waals surface area contributed by atoms with Gasteiger partial charge in [0.1, 0.15) is 17.5 Å². The maximum Gasteiger partial charge on any atom is 0.222 e. The molecule has 0 aliphatic heterocycles. The zero-order valence-corrected chi connectivity index (χ0v) is 7.40. The molecule has 5 heteroatoms. The summed E-state index contributed by atoms with van der Waals surface area (Å²) in [5.74, 6) is -3.99. The minimum absolute atomic E-state index is 0.317. The molecule has 0 aliphatic rings. The van der Waals surface area contributed by atoms with Crippen LogP contribution in [0.1, 0.15) is 11.1 Å². The second kappa shape index (κ2) is 3.69. The number of nitrogens with two attached hydrogens (primary N) is 1. The molecule has 76 valence electrons. The Morgan fingerprint density at radius 1 is 1.36 bits per heavy atom. The van der Waals surface area contributed by atoms with Crippen LogP contribution in [0.3, 0.4) is 0 Å². The van der Waals surface area contributed by atoms with E-state index in [2.05, 4.69) is 0 Å². The van der Waals surface area contributed by atoms with Gasteiger partial charge in [0.15, 0.2) is 0 Å². The molecule has 0 radical (unpaired) electrons. The van der Waals surface area contributed by atoms with Gasteiger partial charge in [-0.3, -0.25) is 4.79 Å². The first-order valence-corrected chi connectivity index (χ1v) is 3.84. The van der Waals surface area contributed by atoms with Crippen LogP contribution in [0.5, 0.6) is 0 Å². The molecule has 0 saturated carbocycles. The summed E-state index contributed by atoms with van der Waals surface area (Å²) >= 11 is 0. The first kappa shape index (κ1) is 10.6. The zero-order valence-electron chi connectivity index (χ0n) is 7.40. The van der Waals surface area contributed by atoms with E-state index in [0.717, 1.165) is 6.92 Å². The van der Waals surface area contributed by atoms with Crippen molar-refractivity contribution in [1.29, 1.82) is 0 Å². The number of amides is 1. The second-order valence-electron chi connectivity index (χ2n) is 2.90. The van der Waals surface area contributed by atoms with Gasteiger partial charge in [-0.15, -0.1) is 0 Å². The van der Waals surface area contributed by atoms with Crippen molar-refractivity contribution in [1.82, 2.24) is 0 Å². The van der Waals surface area contributed by atoms with Gasteiger partial charge in [0.25, 0.3) is 0 Å². The van der Waals surface area contributed by atoms with E-state index in [1.54, 1.807) is 0 Å². The van der Waals surface area contributed by atoms with Crippen molar-refractivity contribution in [2.24, 2.45) is 5.73 Å². The third-order valence-corrected chi connectivity index (χ3v) is 1.85. The van der Waals surface area contributed by atoms with Crippen LogP contribution in [-0.4, -0.2) is 5.91 Å². The van der Waals surface area contributed by atoms with Gasteiger partial charge >= 0.3 is 0 Å². The van der Waals surface area contributed by atoms with Crippen LogP contribution in [0.25, 0.3) is 0 Å². The summed E-state index contributed by atoms with van der Waals surface area (Å²) in [5, 5.41) is 0. The van der Waals surface area contributed by atoms with E-state index >= 15 is 0 Å². The summed E-state index contributed by atoms with van der Waals surface area (Å²) in [4.78, 5) is 10.5. The highest BCUT2D eigenvalue weighted by molar-refractivity contribution is 5.76. The van der Waals surface area contributed by atoms with Crippen molar-refractivity contribution in [2.45, 2.75) is 13.3 Å². The number of carbonyl (C=O) groups is 1. The van der Waals surface area contributed by atoms with Gasteiger partial charge in [-0.2, -0.15) is 0 Å². The van der Waals surface area contributed by atoms with Gasteiger partial charge in [0.05, 0.1) is 6.42 Å². The number of halogens is 3. The molecule has 1 amide bonds. The summed E-state index contributed by atoms with van der Waals surface area (Å²) in [5.41, 5.74) is 3.98. The van der Waals surface area contributed by atoms with Crippen LogP contribution in [0.4, 0.5) is 13.2 Å². The topological polar surface area (TPSA) is 43.1 Å². The van der Waals surface area contributed by atoms with Crippen LogP contribution in [0.2, 0.25) is 0 Å². The fourth-order valence-electron chi connectivity index (χ4n) is 1.08. The molecular formula is C9H8F3NO. The van der Waals surface area contributed by atoms with Gasteiger partial charge in [0, 0.05) is 17.2 Å². The molecule has 0 unspecified atom stereocenters. The highest BCUT2D eigenvalue weighted by atomic mass is 19.1. The molecule has 0 fully saturated rings. The van der Waals surface area contributed by atoms with Crippen LogP contribution in [0.15, 0.2) is 6.07 Å². The Hall–Kier alpha value is -1.52. The van der Waals surface area contributed by atoms with Gasteiger partial charge in [-0.25, -0.2) is 13.2 Å². The summed E-state index contributed by atoms with van der Waals surface area (Å²) in [7, 11) is 0. The van der Waals surface area contributed by atoms with Crippen molar-refractivity contribution in [3.05, 3.63) is 34.6 Å². The number of carbonyl (C=O) groups excluding carboxylic acids is 1. The lowest BCUT2D eigenvalue weighted by atomic mass is 10.1. The predicted octanol–water partition coefficient (Wildman–Crippen LogP) is 1.44. The molecule has 2 nitrogen and oxygen atoms in total. The smallest absolute Gasteiger partial charge is 0.222 e. The van der Waals surface area contributed by atoms with Crippen molar-refractivity contribution < 1.29 is 18.0 Å². The molecule has 1 aromatic rings. The highest BCUT2D eigenvalue weighted by Crippen LogP contribution is 2.19. The molecule has 0 saturated heterocycles. The Labute approximate surface area is 78.5 Å². The molecule has 1 rings (SSSR count). The predicted molar refractivity (Wildman–Crippen MR) is 44.0 cm³/mol. The SMILES string of the molecule is Cc1c(F)cc(F)c(CC(N)=O)c1F. The maximum atomic E-state index is 13.2. The van der Waals surface area contributed by atoms with E-state index in [0.29, 0.717) is 6.07 Å². The zero-order chi connectivity index (χ0) is 10.9. The number of rotatable bonds is 2. The molecule has 0 heterocycles. The number of hydrogen-bond acceptors (Lipinski definition) is 1. The van der Waals surface area contributed by atoms with Crippen LogP contribution >= 0.6 is 0 Å². The van der Waals surface area contributed by atoms with Crippen LogP contribution < -0.4 is 5.73 Å². The molecule has 2 N–H and O–H groups in total. The Balaban J connectivity index is 3.29. The minimum Gasteiger partial charge on any atom is -0.369 e. The van der Waals surface area contributed by atoms with E-state index in [9.17, 15) is 18.0 Å². The average Bonchev–Trinajstić information content (AvgIpc) is 2.09. The minimum atomic E-state index is -1.09. The Kier molecular flexibility index (Phi) is 2.78. The standard InChI is InChI=1S/C9H8F3NO/c1-4-6(10)3-7(11)5(9(4)12)2-8(13)14/h3H,2H2,1H3,(H2,13,14). The molecule has 14 heavy (non-hydrogen) atoms. The van der Waals surface area contributed by atoms with Gasteiger partial charge in [0.2, 0.25) is 5.91 Å². The summed E-state index contributed by atoms with van der Waals surface area (Å²) in [6.45, 7) is 1.16. The lowest BCUT2D eigenvalue weighted by Gasteiger charge is -2.06. The quantitative estimate of drug-likeness (QED) is 0.776. The number of primary amides is 1. The Morgan fingerprint density at radius 2 is 1.93 bits per heavy atom. The van der Waals surface area contributed by atoms with E-state index in [-0.39, 0.29) is 5.56 Å². The molecule has 0 spiro atoms. The number of benzene rings is 1. The van der Waals surface area contributed by atoms with Crippen LogP contribution in [0, 0.1) is 24.4 Å². The maximum absolute atomic E-state index is 13.2. The van der Waals surface area contributed by atoms with Crippen molar-refractivity contribution in [2.75, 3.05) is 0 Å². The first-order valence-electron chi connectivity index (χ1n) is 3.84. The van der Waals surface area contributed by atoms with E-state index in [4.69, 9.17) is 5.73 Å². The third kappa shape index (κ3) is 1.86. The summed E-state index contributed by atoms with van der Waals surface area (Å²) < 4.78 is 38.9. The largest absolute Gasteiger partial charge is 0.369 e. The van der Waals surface area contributed by atoms with Crippen molar-refractivity contribution in [3.63, 3.8) is 0 Å². The Morgan fingerprint density at radius 3 is 2.43 bits per heavy atom. The molecular weight excluding hydrogens is 195 g/mol. The number of hydrogen-bond donors (Lipinski definition) is 1. The molecule has 0 aliphatic carbocycles. The van der Waals surface area contributed by atoms with Crippen molar-refractivity contribution >= 4 is 5.91 Å². The lowest BCUT2D eigenvalue weighted by Crippen LogP contribution is -2.16. The van der Waals surface area contributed by atoms with E-state index in [1.165, 1.54) is 0 Å². The van der Waals surface area contributed by atoms with Crippen molar-refractivity contribution in [3.8, 4) is 0 Å².